The van der Waals surface area contributed by atoms with Gasteiger partial charge in [0.05, 0.1) is 36.4 Å². The Balaban J connectivity index is 2.00. The van der Waals surface area contributed by atoms with Gasteiger partial charge in [-0.15, -0.1) is 0 Å². The molecule has 0 unspecified atom stereocenters. The number of carbonyl (C=O) groups excluding carboxylic acids is 1. The van der Waals surface area contributed by atoms with E-state index in [0.29, 0.717) is 9.86 Å². The van der Waals surface area contributed by atoms with Crippen LogP contribution in [0.1, 0.15) is 10.4 Å². The Morgan fingerprint density at radius 1 is 1.21 bits per heavy atom. The van der Waals surface area contributed by atoms with Crippen LogP contribution in [0.3, 0.4) is 0 Å². The molecular weight excluding hydrogens is 442 g/mol. The van der Waals surface area contributed by atoms with Gasteiger partial charge >= 0.3 is 0 Å². The zero-order valence-corrected chi connectivity index (χ0v) is 15.8. The van der Waals surface area contributed by atoms with E-state index in [9.17, 15) is 13.6 Å². The summed E-state index contributed by atoms with van der Waals surface area (Å²) < 4.78 is 34.7. The molecule has 0 spiro atoms. The first-order valence-corrected chi connectivity index (χ1v) is 8.83. The normalized spacial score (nSPS) is 11.2. The first kappa shape index (κ1) is 20.2. The molecule has 0 radical (unpaired) electrons. The molecular formula is C18H15BrF2N2O5. The topological polar surface area (TPSA) is 104 Å². The van der Waals surface area contributed by atoms with Crippen molar-refractivity contribution in [2.75, 3.05) is 18.5 Å². The fourth-order valence-electron chi connectivity index (χ4n) is 2.42. The van der Waals surface area contributed by atoms with Gasteiger partial charge in [0.15, 0.2) is 11.4 Å². The van der Waals surface area contributed by atoms with E-state index in [1.165, 1.54) is 30.5 Å². The zero-order valence-electron chi connectivity index (χ0n) is 14.2. The van der Waals surface area contributed by atoms with Crippen LogP contribution in [0, 0.1) is 11.6 Å². The van der Waals surface area contributed by atoms with Crippen molar-refractivity contribution in [2.45, 2.75) is 6.10 Å². The average molecular weight is 457 g/mol. The second-order valence-corrected chi connectivity index (χ2v) is 6.65. The number of fused-ring (bicyclic) bond motifs is 1. The van der Waals surface area contributed by atoms with Crippen LogP contribution in [0.2, 0.25) is 0 Å². The molecule has 3 aromatic rings. The second-order valence-electron chi connectivity index (χ2n) is 5.74. The number of carbonyl (C=O) groups is 1. The van der Waals surface area contributed by atoms with Crippen LogP contribution in [-0.4, -0.2) is 35.4 Å². The largest absolute Gasteiger partial charge is 0.461 e. The second kappa shape index (κ2) is 8.65. The highest BCUT2D eigenvalue weighted by molar-refractivity contribution is 9.10. The Hall–Kier alpha value is -2.53. The van der Waals surface area contributed by atoms with E-state index < -0.39 is 36.9 Å². The van der Waals surface area contributed by atoms with Crippen LogP contribution in [-0.2, 0) is 4.84 Å². The van der Waals surface area contributed by atoms with Crippen LogP contribution in [0.25, 0.3) is 11.0 Å². The molecule has 2 aromatic carbocycles. The number of halogens is 3. The summed E-state index contributed by atoms with van der Waals surface area (Å²) in [5, 5.41) is 20.9. The van der Waals surface area contributed by atoms with Gasteiger partial charge in [-0.2, -0.15) is 0 Å². The molecule has 0 saturated heterocycles. The van der Waals surface area contributed by atoms with Crippen molar-refractivity contribution in [3.8, 4) is 0 Å². The van der Waals surface area contributed by atoms with E-state index in [-0.39, 0.29) is 22.5 Å². The minimum absolute atomic E-state index is 0.0634. The number of hydrogen-bond donors (Lipinski definition) is 4. The summed E-state index contributed by atoms with van der Waals surface area (Å²) in [7, 11) is 0. The van der Waals surface area contributed by atoms with Crippen LogP contribution < -0.4 is 10.8 Å². The molecule has 3 rings (SSSR count). The van der Waals surface area contributed by atoms with E-state index in [1.807, 2.05) is 5.48 Å². The van der Waals surface area contributed by atoms with Crippen molar-refractivity contribution in [3.63, 3.8) is 0 Å². The lowest BCUT2D eigenvalue weighted by atomic mass is 10.1. The third kappa shape index (κ3) is 4.14. The summed E-state index contributed by atoms with van der Waals surface area (Å²) in [6, 6.07) is 6.90. The van der Waals surface area contributed by atoms with Crippen molar-refractivity contribution >= 4 is 44.2 Å². The number of amides is 1. The predicted octanol–water partition coefficient (Wildman–Crippen LogP) is 3.23. The van der Waals surface area contributed by atoms with Gasteiger partial charge in [-0.25, -0.2) is 14.3 Å². The molecule has 28 heavy (non-hydrogen) atoms. The monoisotopic (exact) mass is 456 g/mol. The Labute approximate surface area is 166 Å². The first-order valence-electron chi connectivity index (χ1n) is 8.04. The SMILES string of the molecule is O=C(NOC(CO)CO)c1cc2ccoc2c(F)c1Nc1ccc(Br)cc1F. The van der Waals surface area contributed by atoms with Crippen molar-refractivity contribution < 1.29 is 33.0 Å². The molecule has 1 amide bonds. The number of rotatable bonds is 7. The lowest BCUT2D eigenvalue weighted by Crippen LogP contribution is -2.34. The summed E-state index contributed by atoms with van der Waals surface area (Å²) >= 11 is 3.13. The standard InChI is InChI=1S/C18H15BrF2N2O5/c19-10-1-2-14(13(20)6-10)22-16-12(18(26)23-28-11(7-24)8-25)5-9-3-4-27-17(9)15(16)21/h1-6,11,22,24-25H,7-8H2,(H,23,26). The number of furan rings is 1. The molecule has 4 N–H and O–H groups in total. The van der Waals surface area contributed by atoms with Crippen molar-refractivity contribution in [2.24, 2.45) is 0 Å². The summed E-state index contributed by atoms with van der Waals surface area (Å²) in [5.41, 5.74) is 1.35. The molecule has 7 nitrogen and oxygen atoms in total. The number of hydroxylamine groups is 1. The van der Waals surface area contributed by atoms with Gasteiger partial charge in [-0.1, -0.05) is 15.9 Å². The van der Waals surface area contributed by atoms with Crippen LogP contribution in [0.4, 0.5) is 20.2 Å². The van der Waals surface area contributed by atoms with E-state index in [1.54, 1.807) is 6.07 Å². The van der Waals surface area contributed by atoms with Crippen molar-refractivity contribution in [1.82, 2.24) is 5.48 Å². The maximum absolute atomic E-state index is 15.0. The zero-order chi connectivity index (χ0) is 20.3. The lowest BCUT2D eigenvalue weighted by Gasteiger charge is -2.16. The van der Waals surface area contributed by atoms with E-state index in [2.05, 4.69) is 21.2 Å². The first-order chi connectivity index (χ1) is 13.4. The highest BCUT2D eigenvalue weighted by Crippen LogP contribution is 2.33. The third-order valence-electron chi connectivity index (χ3n) is 3.84. The van der Waals surface area contributed by atoms with Crippen molar-refractivity contribution in [3.05, 3.63) is 58.3 Å². The molecule has 0 saturated carbocycles. The molecule has 1 aromatic heterocycles. The van der Waals surface area contributed by atoms with E-state index >= 15 is 0 Å². The fraction of sp³-hybridized carbons (Fsp3) is 0.167. The maximum Gasteiger partial charge on any atom is 0.277 e. The molecule has 0 aliphatic rings. The summed E-state index contributed by atoms with van der Waals surface area (Å²) in [4.78, 5) is 17.4. The van der Waals surface area contributed by atoms with Crippen LogP contribution in [0.5, 0.6) is 0 Å². The smallest absolute Gasteiger partial charge is 0.277 e. The van der Waals surface area contributed by atoms with Gasteiger partial charge in [0.2, 0.25) is 0 Å². The quantitative estimate of drug-likeness (QED) is 0.407. The predicted molar refractivity (Wildman–Crippen MR) is 100 cm³/mol. The number of nitrogens with one attached hydrogen (secondary N) is 2. The van der Waals surface area contributed by atoms with Gasteiger partial charge in [0.25, 0.3) is 5.91 Å². The molecule has 0 aliphatic heterocycles. The number of benzene rings is 2. The van der Waals surface area contributed by atoms with Gasteiger partial charge in [0, 0.05) is 9.86 Å². The molecule has 0 atom stereocenters. The minimum Gasteiger partial charge on any atom is -0.461 e. The summed E-state index contributed by atoms with van der Waals surface area (Å²) in [5.74, 6) is -2.43. The highest BCUT2D eigenvalue weighted by atomic mass is 79.9. The lowest BCUT2D eigenvalue weighted by molar-refractivity contribution is -0.0618. The maximum atomic E-state index is 15.0. The van der Waals surface area contributed by atoms with E-state index in [4.69, 9.17) is 19.5 Å². The molecule has 0 aliphatic carbocycles. The van der Waals surface area contributed by atoms with Gasteiger partial charge in [0.1, 0.15) is 11.9 Å². The molecule has 10 heteroatoms. The van der Waals surface area contributed by atoms with E-state index in [0.717, 1.165) is 0 Å². The summed E-state index contributed by atoms with van der Waals surface area (Å²) in [6.07, 6.45) is 0.204. The Bertz CT molecular complexity index is 1010. The molecule has 148 valence electrons. The summed E-state index contributed by atoms with van der Waals surface area (Å²) in [6.45, 7) is -1.08. The molecule has 1 heterocycles. The molecule has 0 fully saturated rings. The highest BCUT2D eigenvalue weighted by Gasteiger charge is 2.22. The molecule has 0 bridgehead atoms. The van der Waals surface area contributed by atoms with Gasteiger partial charge in [-0.3, -0.25) is 9.63 Å². The van der Waals surface area contributed by atoms with Crippen LogP contribution >= 0.6 is 15.9 Å². The van der Waals surface area contributed by atoms with Gasteiger partial charge in [-0.05, 0) is 30.3 Å². The fourth-order valence-corrected chi connectivity index (χ4v) is 2.75. The minimum atomic E-state index is -1.05. The third-order valence-corrected chi connectivity index (χ3v) is 4.34. The number of hydrogen-bond acceptors (Lipinski definition) is 6. The Morgan fingerprint density at radius 2 is 1.96 bits per heavy atom. The van der Waals surface area contributed by atoms with Crippen molar-refractivity contribution in [1.29, 1.82) is 0 Å². The Kier molecular flexibility index (Phi) is 6.25. The van der Waals surface area contributed by atoms with Gasteiger partial charge < -0.3 is 19.9 Å². The number of aliphatic hydroxyl groups is 2. The number of aliphatic hydroxyl groups excluding tert-OH is 2. The average Bonchev–Trinajstić information content (AvgIpc) is 3.15. The Morgan fingerprint density at radius 3 is 2.64 bits per heavy atom. The number of anilines is 2. The van der Waals surface area contributed by atoms with Crippen LogP contribution in [0.15, 0.2) is 45.5 Å².